The van der Waals surface area contributed by atoms with Crippen LogP contribution in [0.25, 0.3) is 0 Å². The SMILES string of the molecule is Cc1cc(C(=O)Nc2ccc3c(c2)OCC(=O)N3)c(C)n1C1CCCCC1. The van der Waals surface area contributed by atoms with Crippen LogP contribution in [0.5, 0.6) is 5.75 Å². The second-order valence-electron chi connectivity index (χ2n) is 7.45. The third-order valence-electron chi connectivity index (χ3n) is 5.54. The van der Waals surface area contributed by atoms with Crippen LogP contribution in [0.15, 0.2) is 24.3 Å². The summed E-state index contributed by atoms with van der Waals surface area (Å²) < 4.78 is 7.76. The predicted molar refractivity (Wildman–Crippen MR) is 105 cm³/mol. The largest absolute Gasteiger partial charge is 0.482 e. The molecule has 2 heterocycles. The predicted octanol–water partition coefficient (Wildman–Crippen LogP) is 4.19. The number of carbonyl (C=O) groups is 2. The number of nitrogens with one attached hydrogen (secondary N) is 2. The molecule has 0 unspecified atom stereocenters. The van der Waals surface area contributed by atoms with Gasteiger partial charge in [0.2, 0.25) is 0 Å². The number of carbonyl (C=O) groups excluding carboxylic acids is 2. The lowest BCUT2D eigenvalue weighted by Crippen LogP contribution is -2.25. The molecule has 1 fully saturated rings. The van der Waals surface area contributed by atoms with Gasteiger partial charge in [-0.2, -0.15) is 0 Å². The molecule has 1 aliphatic carbocycles. The maximum atomic E-state index is 12.9. The molecule has 2 amide bonds. The molecule has 6 heteroatoms. The molecular formula is C21H25N3O3. The number of rotatable bonds is 3. The maximum Gasteiger partial charge on any atom is 0.262 e. The fraction of sp³-hybridized carbons (Fsp3) is 0.429. The lowest BCUT2D eigenvalue weighted by atomic mass is 9.95. The first kappa shape index (κ1) is 17.6. The molecule has 1 aliphatic heterocycles. The summed E-state index contributed by atoms with van der Waals surface area (Å²) in [5.41, 5.74) is 4.15. The Hall–Kier alpha value is -2.76. The Balaban J connectivity index is 1.54. The smallest absolute Gasteiger partial charge is 0.262 e. The van der Waals surface area contributed by atoms with Crippen LogP contribution < -0.4 is 15.4 Å². The summed E-state index contributed by atoms with van der Waals surface area (Å²) in [7, 11) is 0. The van der Waals surface area contributed by atoms with Gasteiger partial charge in [-0.3, -0.25) is 9.59 Å². The zero-order chi connectivity index (χ0) is 19.0. The highest BCUT2D eigenvalue weighted by atomic mass is 16.5. The Labute approximate surface area is 158 Å². The van der Waals surface area contributed by atoms with Crippen LogP contribution in [0, 0.1) is 13.8 Å². The van der Waals surface area contributed by atoms with Crippen molar-refractivity contribution in [3.8, 4) is 5.75 Å². The number of ether oxygens (including phenoxy) is 1. The lowest BCUT2D eigenvalue weighted by Gasteiger charge is -2.26. The van der Waals surface area contributed by atoms with Gasteiger partial charge < -0.3 is 19.9 Å². The summed E-state index contributed by atoms with van der Waals surface area (Å²) >= 11 is 0. The summed E-state index contributed by atoms with van der Waals surface area (Å²) in [4.78, 5) is 24.2. The van der Waals surface area contributed by atoms with E-state index in [0.717, 1.165) is 11.4 Å². The third-order valence-corrected chi connectivity index (χ3v) is 5.54. The summed E-state index contributed by atoms with van der Waals surface area (Å²) in [5, 5.41) is 5.71. The van der Waals surface area contributed by atoms with Crippen molar-refractivity contribution >= 4 is 23.2 Å². The number of hydrogen-bond donors (Lipinski definition) is 2. The van der Waals surface area contributed by atoms with Gasteiger partial charge in [-0.25, -0.2) is 0 Å². The molecule has 27 heavy (non-hydrogen) atoms. The Bertz CT molecular complexity index is 894. The third kappa shape index (κ3) is 3.44. The van der Waals surface area contributed by atoms with E-state index >= 15 is 0 Å². The number of hydrogen-bond acceptors (Lipinski definition) is 3. The number of benzene rings is 1. The van der Waals surface area contributed by atoms with Crippen molar-refractivity contribution in [3.63, 3.8) is 0 Å². The van der Waals surface area contributed by atoms with Crippen molar-refractivity contribution in [2.45, 2.75) is 52.0 Å². The maximum absolute atomic E-state index is 12.9. The van der Waals surface area contributed by atoms with Crippen molar-refractivity contribution in [2.75, 3.05) is 17.2 Å². The van der Waals surface area contributed by atoms with E-state index in [1.165, 1.54) is 32.1 Å². The Morgan fingerprint density at radius 3 is 2.74 bits per heavy atom. The van der Waals surface area contributed by atoms with E-state index in [4.69, 9.17) is 4.74 Å². The Kier molecular flexibility index (Phi) is 4.64. The van der Waals surface area contributed by atoms with Crippen LogP contribution in [0.4, 0.5) is 11.4 Å². The first-order valence-corrected chi connectivity index (χ1v) is 9.59. The fourth-order valence-electron chi connectivity index (χ4n) is 4.26. The summed E-state index contributed by atoms with van der Waals surface area (Å²) in [6.07, 6.45) is 6.20. The molecule has 0 saturated heterocycles. The van der Waals surface area contributed by atoms with Gasteiger partial charge in [0.1, 0.15) is 5.75 Å². The molecule has 2 aromatic rings. The fourth-order valence-corrected chi connectivity index (χ4v) is 4.26. The normalized spacial score (nSPS) is 17.0. The van der Waals surface area contributed by atoms with Gasteiger partial charge >= 0.3 is 0 Å². The van der Waals surface area contributed by atoms with Crippen LogP contribution in [0.3, 0.4) is 0 Å². The molecule has 142 valence electrons. The van der Waals surface area contributed by atoms with Crippen LogP contribution in [-0.2, 0) is 4.79 Å². The molecule has 6 nitrogen and oxygen atoms in total. The average Bonchev–Trinajstić information content (AvgIpc) is 2.97. The molecule has 1 aromatic carbocycles. The second kappa shape index (κ2) is 7.10. The minimum Gasteiger partial charge on any atom is -0.482 e. The molecule has 4 rings (SSSR count). The molecule has 2 aliphatic rings. The standard InChI is InChI=1S/C21H25N3O3/c1-13-10-17(14(2)24(13)16-6-4-3-5-7-16)21(26)22-15-8-9-18-19(11-15)27-12-20(25)23-18/h8-11,16H,3-7,12H2,1-2H3,(H,22,26)(H,23,25). The zero-order valence-electron chi connectivity index (χ0n) is 15.8. The second-order valence-corrected chi connectivity index (χ2v) is 7.45. The highest BCUT2D eigenvalue weighted by Gasteiger charge is 2.23. The summed E-state index contributed by atoms with van der Waals surface area (Å²) in [5.74, 6) is 0.277. The van der Waals surface area contributed by atoms with E-state index in [0.29, 0.717) is 28.7 Å². The first-order valence-electron chi connectivity index (χ1n) is 9.59. The van der Waals surface area contributed by atoms with Crippen molar-refractivity contribution in [1.29, 1.82) is 0 Å². The van der Waals surface area contributed by atoms with E-state index in [9.17, 15) is 9.59 Å². The minimum atomic E-state index is -0.172. The number of nitrogens with zero attached hydrogens (tertiary/aromatic N) is 1. The van der Waals surface area contributed by atoms with Crippen molar-refractivity contribution in [3.05, 3.63) is 41.2 Å². The molecule has 0 spiro atoms. The van der Waals surface area contributed by atoms with E-state index in [-0.39, 0.29) is 18.4 Å². The number of fused-ring (bicyclic) bond motifs is 1. The zero-order valence-corrected chi connectivity index (χ0v) is 15.8. The van der Waals surface area contributed by atoms with Gasteiger partial charge in [-0.1, -0.05) is 19.3 Å². The van der Waals surface area contributed by atoms with Crippen LogP contribution >= 0.6 is 0 Å². The summed E-state index contributed by atoms with van der Waals surface area (Å²) in [6.45, 7) is 4.10. The van der Waals surface area contributed by atoms with Gasteiger partial charge in [0.25, 0.3) is 11.8 Å². The molecule has 2 N–H and O–H groups in total. The van der Waals surface area contributed by atoms with E-state index in [1.807, 2.05) is 13.0 Å². The number of anilines is 2. The van der Waals surface area contributed by atoms with Crippen molar-refractivity contribution in [2.24, 2.45) is 0 Å². The van der Waals surface area contributed by atoms with Gasteiger partial charge in [0.05, 0.1) is 11.3 Å². The molecule has 1 saturated carbocycles. The highest BCUT2D eigenvalue weighted by molar-refractivity contribution is 6.06. The number of amides is 2. The van der Waals surface area contributed by atoms with Gasteiger partial charge in [-0.05, 0) is 44.9 Å². The molecule has 0 atom stereocenters. The van der Waals surface area contributed by atoms with Crippen LogP contribution in [0.2, 0.25) is 0 Å². The molecule has 1 aromatic heterocycles. The Morgan fingerprint density at radius 2 is 1.96 bits per heavy atom. The van der Waals surface area contributed by atoms with Gasteiger partial charge in [0.15, 0.2) is 6.61 Å². The van der Waals surface area contributed by atoms with Crippen molar-refractivity contribution < 1.29 is 14.3 Å². The van der Waals surface area contributed by atoms with E-state index in [1.54, 1.807) is 18.2 Å². The minimum absolute atomic E-state index is 0.00700. The van der Waals surface area contributed by atoms with Crippen molar-refractivity contribution in [1.82, 2.24) is 4.57 Å². The average molecular weight is 367 g/mol. The molecule has 0 bridgehead atoms. The van der Waals surface area contributed by atoms with E-state index < -0.39 is 0 Å². The monoisotopic (exact) mass is 367 g/mol. The lowest BCUT2D eigenvalue weighted by molar-refractivity contribution is -0.118. The molecular weight excluding hydrogens is 342 g/mol. The Morgan fingerprint density at radius 1 is 1.19 bits per heavy atom. The topological polar surface area (TPSA) is 72.4 Å². The first-order chi connectivity index (χ1) is 13.0. The van der Waals surface area contributed by atoms with Crippen LogP contribution in [0.1, 0.15) is 59.9 Å². The van der Waals surface area contributed by atoms with Gasteiger partial charge in [0, 0.05) is 29.2 Å². The van der Waals surface area contributed by atoms with E-state index in [2.05, 4.69) is 22.1 Å². The van der Waals surface area contributed by atoms with Crippen LogP contribution in [-0.4, -0.2) is 23.0 Å². The molecule has 0 radical (unpaired) electrons. The summed E-state index contributed by atoms with van der Waals surface area (Å²) in [6, 6.07) is 7.74. The quantitative estimate of drug-likeness (QED) is 0.854. The highest BCUT2D eigenvalue weighted by Crippen LogP contribution is 2.33. The number of aryl methyl sites for hydroxylation is 1. The number of aromatic nitrogens is 1. The van der Waals surface area contributed by atoms with Gasteiger partial charge in [-0.15, -0.1) is 0 Å².